The van der Waals surface area contributed by atoms with Crippen LogP contribution in [-0.2, 0) is 16.6 Å². The summed E-state index contributed by atoms with van der Waals surface area (Å²) in [5, 5.41) is 0. The molecule has 2 nitrogen and oxygen atoms in total. The van der Waals surface area contributed by atoms with Crippen LogP contribution in [-0.4, -0.2) is 29.8 Å². The Balaban J connectivity index is 1.80. The number of benzene rings is 1. The predicted molar refractivity (Wildman–Crippen MR) is 81.9 cm³/mol. The number of hydrogen-bond acceptors (Lipinski definition) is 2. The van der Waals surface area contributed by atoms with E-state index in [1.807, 2.05) is 0 Å². The van der Waals surface area contributed by atoms with E-state index in [0.29, 0.717) is 11.7 Å². The molecule has 3 aliphatic rings. The largest absolute Gasteiger partial charge is 0.298 e. The summed E-state index contributed by atoms with van der Waals surface area (Å²) in [5.41, 5.74) is 2.84. The van der Waals surface area contributed by atoms with E-state index >= 15 is 0 Å². The van der Waals surface area contributed by atoms with Crippen LogP contribution in [0.5, 0.6) is 0 Å². The van der Waals surface area contributed by atoms with Gasteiger partial charge in [-0.25, -0.2) is 0 Å². The lowest BCUT2D eigenvalue weighted by molar-refractivity contribution is -0.136. The Bertz CT molecular complexity index is 506. The maximum Gasteiger partial charge on any atom is 0.153 e. The molecule has 0 N–H and O–H groups in total. The van der Waals surface area contributed by atoms with Gasteiger partial charge in [-0.05, 0) is 48.9 Å². The second-order valence-electron chi connectivity index (χ2n) is 7.38. The van der Waals surface area contributed by atoms with Crippen molar-refractivity contribution in [1.29, 1.82) is 0 Å². The molecule has 2 heteroatoms. The Kier molecular flexibility index (Phi) is 3.45. The van der Waals surface area contributed by atoms with Crippen molar-refractivity contribution in [2.45, 2.75) is 51.5 Å². The molecular weight excluding hydrogens is 246 g/mol. The number of nitrogens with zero attached hydrogens (tertiary/aromatic N) is 1. The summed E-state index contributed by atoms with van der Waals surface area (Å²) in [7, 11) is 0. The molecule has 1 aromatic rings. The molecule has 0 aliphatic carbocycles. The van der Waals surface area contributed by atoms with Crippen molar-refractivity contribution in [2.75, 3.05) is 13.1 Å². The van der Waals surface area contributed by atoms with Crippen LogP contribution in [0, 0.1) is 5.92 Å². The van der Waals surface area contributed by atoms with E-state index in [9.17, 15) is 4.79 Å². The predicted octanol–water partition coefficient (Wildman–Crippen LogP) is 3.19. The van der Waals surface area contributed by atoms with E-state index < -0.39 is 0 Å². The summed E-state index contributed by atoms with van der Waals surface area (Å²) in [5.74, 6) is 0.833. The van der Waals surface area contributed by atoms with E-state index in [0.717, 1.165) is 32.4 Å². The molecule has 20 heavy (non-hydrogen) atoms. The van der Waals surface area contributed by atoms with Gasteiger partial charge in [-0.1, -0.05) is 45.0 Å². The number of hydrogen-bond donors (Lipinski definition) is 0. The number of Topliss-reactive ketones (excluding diaryl/α,β-unsaturated/α-hetero) is 1. The summed E-state index contributed by atoms with van der Waals surface area (Å²) in [6.45, 7) is 8.94. The van der Waals surface area contributed by atoms with Crippen molar-refractivity contribution in [3.05, 3.63) is 35.4 Å². The Hall–Kier alpha value is -1.15. The van der Waals surface area contributed by atoms with Crippen molar-refractivity contribution in [1.82, 2.24) is 4.90 Å². The summed E-state index contributed by atoms with van der Waals surface area (Å²) in [6.07, 6.45) is 3.05. The van der Waals surface area contributed by atoms with Crippen molar-refractivity contribution in [3.8, 4) is 0 Å². The first-order valence-electron chi connectivity index (χ1n) is 7.82. The van der Waals surface area contributed by atoms with Crippen molar-refractivity contribution >= 4 is 5.78 Å². The third kappa shape index (κ3) is 2.54. The highest BCUT2D eigenvalue weighted by molar-refractivity contribution is 5.88. The van der Waals surface area contributed by atoms with Gasteiger partial charge in [0, 0.05) is 5.92 Å². The average molecular weight is 271 g/mol. The van der Waals surface area contributed by atoms with Crippen molar-refractivity contribution in [3.63, 3.8) is 0 Å². The molecule has 1 aromatic carbocycles. The Morgan fingerprint density at radius 2 is 1.90 bits per heavy atom. The van der Waals surface area contributed by atoms with Crippen LogP contribution < -0.4 is 0 Å². The summed E-state index contributed by atoms with van der Waals surface area (Å²) >= 11 is 0. The molecule has 3 heterocycles. The van der Waals surface area contributed by atoms with Gasteiger partial charge in [0.05, 0.1) is 6.04 Å². The van der Waals surface area contributed by atoms with Gasteiger partial charge in [-0.15, -0.1) is 0 Å². The van der Waals surface area contributed by atoms with Crippen LogP contribution in [0.1, 0.15) is 44.7 Å². The van der Waals surface area contributed by atoms with E-state index in [1.165, 1.54) is 11.1 Å². The minimum Gasteiger partial charge on any atom is -0.298 e. The molecular formula is C18H25NO. The Morgan fingerprint density at radius 3 is 2.50 bits per heavy atom. The topological polar surface area (TPSA) is 20.3 Å². The number of carbonyl (C=O) groups is 1. The Morgan fingerprint density at radius 1 is 1.20 bits per heavy atom. The first-order chi connectivity index (χ1) is 9.45. The maximum absolute atomic E-state index is 12.4. The second kappa shape index (κ2) is 5.00. The number of rotatable bonds is 2. The first-order valence-corrected chi connectivity index (χ1v) is 7.82. The number of fused-ring (bicyclic) bond motifs is 3. The highest BCUT2D eigenvalue weighted by Crippen LogP contribution is 2.31. The monoisotopic (exact) mass is 271 g/mol. The van der Waals surface area contributed by atoms with Crippen molar-refractivity contribution in [2.24, 2.45) is 5.92 Å². The molecule has 3 saturated heterocycles. The van der Waals surface area contributed by atoms with Gasteiger partial charge >= 0.3 is 0 Å². The molecule has 3 fully saturated rings. The van der Waals surface area contributed by atoms with E-state index in [4.69, 9.17) is 0 Å². The SMILES string of the molecule is CC(C)(C)c1cccc(CC2C(=O)C3CCN2CC3)c1. The molecule has 2 bridgehead atoms. The van der Waals surface area contributed by atoms with Crippen LogP contribution >= 0.6 is 0 Å². The number of carbonyl (C=O) groups excluding carboxylic acids is 1. The molecule has 108 valence electrons. The number of piperidine rings is 3. The third-order valence-electron chi connectivity index (χ3n) is 4.92. The molecule has 0 aromatic heterocycles. The quantitative estimate of drug-likeness (QED) is 0.823. The molecule has 1 atom stereocenters. The fraction of sp³-hybridized carbons (Fsp3) is 0.611. The second-order valence-corrected chi connectivity index (χ2v) is 7.38. The van der Waals surface area contributed by atoms with E-state index in [-0.39, 0.29) is 11.5 Å². The Labute approximate surface area is 122 Å². The van der Waals surface area contributed by atoms with Gasteiger partial charge in [0.2, 0.25) is 0 Å². The van der Waals surface area contributed by atoms with Gasteiger partial charge in [0.25, 0.3) is 0 Å². The van der Waals surface area contributed by atoms with Gasteiger partial charge in [-0.3, -0.25) is 9.69 Å². The van der Waals surface area contributed by atoms with Gasteiger partial charge in [0.15, 0.2) is 5.78 Å². The normalized spacial score (nSPS) is 29.8. The summed E-state index contributed by atoms with van der Waals surface area (Å²) < 4.78 is 0. The summed E-state index contributed by atoms with van der Waals surface area (Å²) in [4.78, 5) is 14.8. The van der Waals surface area contributed by atoms with E-state index in [2.05, 4.69) is 49.9 Å². The van der Waals surface area contributed by atoms with Crippen molar-refractivity contribution < 1.29 is 4.79 Å². The van der Waals surface area contributed by atoms with Gasteiger partial charge in [-0.2, -0.15) is 0 Å². The van der Waals surface area contributed by atoms with Crippen LogP contribution in [0.15, 0.2) is 24.3 Å². The first kappa shape index (κ1) is 13.8. The average Bonchev–Trinajstić information content (AvgIpc) is 2.43. The van der Waals surface area contributed by atoms with Crippen LogP contribution in [0.3, 0.4) is 0 Å². The zero-order chi connectivity index (χ0) is 14.3. The lowest BCUT2D eigenvalue weighted by atomic mass is 9.79. The van der Waals surface area contributed by atoms with Gasteiger partial charge < -0.3 is 0 Å². The smallest absolute Gasteiger partial charge is 0.153 e. The molecule has 3 aliphatic heterocycles. The van der Waals surface area contributed by atoms with Crippen LogP contribution in [0.25, 0.3) is 0 Å². The molecule has 0 amide bonds. The highest BCUT2D eigenvalue weighted by atomic mass is 16.1. The van der Waals surface area contributed by atoms with Gasteiger partial charge in [0.1, 0.15) is 0 Å². The number of ketones is 1. The maximum atomic E-state index is 12.4. The molecule has 0 saturated carbocycles. The van der Waals surface area contributed by atoms with Crippen LogP contribution in [0.2, 0.25) is 0 Å². The lowest BCUT2D eigenvalue weighted by Crippen LogP contribution is -2.56. The zero-order valence-electron chi connectivity index (χ0n) is 12.9. The standard InChI is InChI=1S/C18H25NO/c1-18(2,3)15-6-4-5-13(11-15)12-16-17(20)14-7-9-19(16)10-8-14/h4-6,11,14,16H,7-10,12H2,1-3H3. The lowest BCUT2D eigenvalue weighted by Gasteiger charge is -2.44. The van der Waals surface area contributed by atoms with E-state index in [1.54, 1.807) is 0 Å². The minimum absolute atomic E-state index is 0.137. The zero-order valence-corrected chi connectivity index (χ0v) is 12.9. The molecule has 0 spiro atoms. The molecule has 4 rings (SSSR count). The molecule has 1 unspecified atom stereocenters. The minimum atomic E-state index is 0.137. The molecule has 0 radical (unpaired) electrons. The highest BCUT2D eigenvalue weighted by Gasteiger charge is 2.40. The summed E-state index contributed by atoms with van der Waals surface area (Å²) in [6, 6.07) is 8.93. The van der Waals surface area contributed by atoms with Crippen LogP contribution in [0.4, 0.5) is 0 Å². The fourth-order valence-electron chi connectivity index (χ4n) is 3.57. The fourth-order valence-corrected chi connectivity index (χ4v) is 3.57. The third-order valence-corrected chi connectivity index (χ3v) is 4.92.